The van der Waals surface area contributed by atoms with E-state index in [1.807, 2.05) is 35.9 Å². The molecule has 1 amide bonds. The van der Waals surface area contributed by atoms with Crippen molar-refractivity contribution in [3.63, 3.8) is 0 Å². The van der Waals surface area contributed by atoms with E-state index in [0.29, 0.717) is 11.7 Å². The van der Waals surface area contributed by atoms with E-state index in [9.17, 15) is 4.79 Å². The number of piperidine rings is 1. The molecule has 1 aliphatic rings. The van der Waals surface area contributed by atoms with E-state index in [2.05, 4.69) is 25.7 Å². The Morgan fingerprint density at radius 2 is 1.97 bits per heavy atom. The summed E-state index contributed by atoms with van der Waals surface area (Å²) in [5.41, 5.74) is 2.34. The van der Waals surface area contributed by atoms with Gasteiger partial charge >= 0.3 is 0 Å². The van der Waals surface area contributed by atoms with Crippen LogP contribution in [0, 0.1) is 0 Å². The highest BCUT2D eigenvalue weighted by molar-refractivity contribution is 5.92. The monoisotopic (exact) mass is 416 g/mol. The summed E-state index contributed by atoms with van der Waals surface area (Å²) in [4.78, 5) is 18.5. The van der Waals surface area contributed by atoms with Crippen molar-refractivity contribution in [3.05, 3.63) is 54.4 Å². The average molecular weight is 417 g/mol. The van der Waals surface area contributed by atoms with E-state index in [1.54, 1.807) is 29.2 Å². The number of aromatic nitrogens is 6. The summed E-state index contributed by atoms with van der Waals surface area (Å²) in [5.74, 6) is -0.131. The van der Waals surface area contributed by atoms with Crippen LogP contribution >= 0.6 is 12.4 Å². The van der Waals surface area contributed by atoms with Crippen molar-refractivity contribution >= 4 is 18.3 Å². The van der Waals surface area contributed by atoms with Crippen LogP contribution in [0.3, 0.4) is 0 Å². The number of nitrogens with zero attached hydrogens (tertiary/aromatic N) is 7. The Balaban J connectivity index is 0.00000240. The summed E-state index contributed by atoms with van der Waals surface area (Å²) >= 11 is 0. The molecule has 1 saturated heterocycles. The van der Waals surface area contributed by atoms with Gasteiger partial charge in [0.1, 0.15) is 12.7 Å². The number of hydrogen-bond acceptors (Lipinski definition) is 6. The van der Waals surface area contributed by atoms with Gasteiger partial charge in [0.2, 0.25) is 0 Å². The van der Waals surface area contributed by atoms with Crippen LogP contribution in [0.25, 0.3) is 5.69 Å². The van der Waals surface area contributed by atoms with Gasteiger partial charge in [-0.25, -0.2) is 14.3 Å². The first-order valence-electron chi connectivity index (χ1n) is 9.48. The van der Waals surface area contributed by atoms with E-state index in [0.717, 1.165) is 37.2 Å². The van der Waals surface area contributed by atoms with Crippen molar-refractivity contribution in [1.82, 2.24) is 40.0 Å². The maximum Gasteiger partial charge on any atom is 0.276 e. The molecule has 1 aliphatic heterocycles. The quantitative estimate of drug-likeness (QED) is 0.684. The number of amides is 1. The van der Waals surface area contributed by atoms with Crippen LogP contribution in [-0.4, -0.2) is 60.7 Å². The number of hydrogen-bond donors (Lipinski definition) is 1. The van der Waals surface area contributed by atoms with Gasteiger partial charge in [0.15, 0.2) is 5.69 Å². The molecule has 1 atom stereocenters. The van der Waals surface area contributed by atoms with Crippen molar-refractivity contribution in [2.45, 2.75) is 31.8 Å². The van der Waals surface area contributed by atoms with E-state index >= 15 is 0 Å². The molecule has 154 valence electrons. The SMILES string of the molecule is CC(c1ccc(-n2cncn2)cc1)N(C)C(=O)c1cn(C2CCNCC2)nn1.Cl. The molecule has 3 heterocycles. The van der Waals surface area contributed by atoms with Gasteiger partial charge in [0.05, 0.1) is 24.0 Å². The minimum absolute atomic E-state index is 0. The highest BCUT2D eigenvalue weighted by Crippen LogP contribution is 2.22. The van der Waals surface area contributed by atoms with Crippen LogP contribution < -0.4 is 5.32 Å². The molecule has 29 heavy (non-hydrogen) atoms. The molecule has 9 nitrogen and oxygen atoms in total. The van der Waals surface area contributed by atoms with E-state index in [-0.39, 0.29) is 24.4 Å². The fourth-order valence-electron chi connectivity index (χ4n) is 3.45. The highest BCUT2D eigenvalue weighted by Gasteiger charge is 2.23. The molecule has 0 spiro atoms. The Bertz CT molecular complexity index is 918. The normalized spacial score (nSPS) is 15.5. The van der Waals surface area contributed by atoms with Gasteiger partial charge in [0.25, 0.3) is 5.91 Å². The van der Waals surface area contributed by atoms with Crippen LogP contribution in [0.1, 0.15) is 47.9 Å². The third-order valence-electron chi connectivity index (χ3n) is 5.37. The number of carbonyl (C=O) groups excluding carboxylic acids is 1. The molecule has 0 saturated carbocycles. The van der Waals surface area contributed by atoms with Crippen molar-refractivity contribution < 1.29 is 4.79 Å². The number of rotatable bonds is 5. The second-order valence-electron chi connectivity index (χ2n) is 7.09. The lowest BCUT2D eigenvalue weighted by molar-refractivity contribution is 0.0736. The predicted molar refractivity (Wildman–Crippen MR) is 110 cm³/mol. The van der Waals surface area contributed by atoms with Gasteiger partial charge in [0, 0.05) is 7.05 Å². The summed E-state index contributed by atoms with van der Waals surface area (Å²) in [6.45, 7) is 3.93. The summed E-state index contributed by atoms with van der Waals surface area (Å²) in [7, 11) is 1.79. The Morgan fingerprint density at radius 3 is 2.62 bits per heavy atom. The molecule has 0 bridgehead atoms. The molecule has 2 aromatic heterocycles. The lowest BCUT2D eigenvalue weighted by Gasteiger charge is -2.25. The predicted octanol–water partition coefficient (Wildman–Crippen LogP) is 2.04. The molecule has 3 aromatic rings. The fourth-order valence-corrected chi connectivity index (χ4v) is 3.45. The van der Waals surface area contributed by atoms with Crippen LogP contribution in [0.4, 0.5) is 0 Å². The van der Waals surface area contributed by atoms with Crippen LogP contribution in [0.5, 0.6) is 0 Å². The lowest BCUT2D eigenvalue weighted by Crippen LogP contribution is -2.30. The summed E-state index contributed by atoms with van der Waals surface area (Å²) in [6.07, 6.45) is 6.93. The van der Waals surface area contributed by atoms with Gasteiger partial charge in [-0.15, -0.1) is 17.5 Å². The van der Waals surface area contributed by atoms with Crippen LogP contribution in [-0.2, 0) is 0 Å². The zero-order chi connectivity index (χ0) is 19.5. The number of carbonyl (C=O) groups is 1. The Hall–Kier alpha value is -2.78. The first-order valence-corrected chi connectivity index (χ1v) is 9.48. The molecule has 1 unspecified atom stereocenters. The molecule has 1 N–H and O–H groups in total. The Kier molecular flexibility index (Phi) is 6.60. The van der Waals surface area contributed by atoms with Crippen molar-refractivity contribution in [2.75, 3.05) is 20.1 Å². The first kappa shape index (κ1) is 20.9. The molecule has 10 heteroatoms. The van der Waals surface area contributed by atoms with Crippen LogP contribution in [0.2, 0.25) is 0 Å². The number of benzene rings is 1. The van der Waals surface area contributed by atoms with Gasteiger partial charge < -0.3 is 10.2 Å². The molecular formula is C19H25ClN8O. The van der Waals surface area contributed by atoms with E-state index < -0.39 is 0 Å². The molecule has 4 rings (SSSR count). The third-order valence-corrected chi connectivity index (χ3v) is 5.37. The summed E-state index contributed by atoms with van der Waals surface area (Å²) in [6, 6.07) is 8.14. The fraction of sp³-hybridized carbons (Fsp3) is 0.421. The van der Waals surface area contributed by atoms with Gasteiger partial charge in [-0.05, 0) is 50.6 Å². The minimum Gasteiger partial charge on any atom is -0.334 e. The standard InChI is InChI=1S/C19H24N8O.ClH/c1-14(15-3-5-16(6-4-15)27-13-21-12-22-27)25(2)19(28)18-11-26(24-23-18)17-7-9-20-10-8-17;/h3-6,11-14,17,20H,7-10H2,1-2H3;1H. The van der Waals surface area contributed by atoms with Gasteiger partial charge in [-0.3, -0.25) is 4.79 Å². The minimum atomic E-state index is -0.131. The first-order chi connectivity index (χ1) is 13.6. The second-order valence-corrected chi connectivity index (χ2v) is 7.09. The summed E-state index contributed by atoms with van der Waals surface area (Å²) < 4.78 is 3.53. The van der Waals surface area contributed by atoms with Crippen molar-refractivity contribution in [2.24, 2.45) is 0 Å². The molecule has 1 fully saturated rings. The number of halogens is 1. The third kappa shape index (κ3) is 4.46. The molecule has 0 radical (unpaired) electrons. The number of nitrogens with one attached hydrogen (secondary N) is 1. The lowest BCUT2D eigenvalue weighted by atomic mass is 10.1. The zero-order valence-corrected chi connectivity index (χ0v) is 17.3. The van der Waals surface area contributed by atoms with Crippen molar-refractivity contribution in [3.8, 4) is 5.69 Å². The van der Waals surface area contributed by atoms with E-state index in [1.165, 1.54) is 6.33 Å². The Labute approximate surface area is 175 Å². The molecule has 0 aliphatic carbocycles. The van der Waals surface area contributed by atoms with Gasteiger partial charge in [-0.1, -0.05) is 17.3 Å². The maximum absolute atomic E-state index is 12.9. The average Bonchev–Trinajstić information content (AvgIpc) is 3.45. The highest BCUT2D eigenvalue weighted by atomic mass is 35.5. The van der Waals surface area contributed by atoms with Gasteiger partial charge in [-0.2, -0.15) is 5.10 Å². The molecule has 1 aromatic carbocycles. The largest absolute Gasteiger partial charge is 0.334 e. The topological polar surface area (TPSA) is 93.8 Å². The summed E-state index contributed by atoms with van der Waals surface area (Å²) in [5, 5.41) is 15.8. The smallest absolute Gasteiger partial charge is 0.276 e. The Morgan fingerprint density at radius 1 is 1.24 bits per heavy atom. The van der Waals surface area contributed by atoms with Crippen molar-refractivity contribution in [1.29, 1.82) is 0 Å². The van der Waals surface area contributed by atoms with Crippen LogP contribution in [0.15, 0.2) is 43.1 Å². The zero-order valence-electron chi connectivity index (χ0n) is 16.5. The molecular weight excluding hydrogens is 392 g/mol. The second kappa shape index (κ2) is 9.15. The maximum atomic E-state index is 12.9. The van der Waals surface area contributed by atoms with E-state index in [4.69, 9.17) is 0 Å².